The van der Waals surface area contributed by atoms with E-state index in [0.29, 0.717) is 17.2 Å². The van der Waals surface area contributed by atoms with Crippen LogP contribution in [-0.4, -0.2) is 11.1 Å². The molecular weight excluding hydrogens is 410 g/mol. The standard InChI is InChI=1S/C26H22ClNO3/c27-22-14-13-21(26(29)30)23-19-7-4-8-20(19)24(28-25(22)23)17-9-11-18(12-10-17)31-15-16-5-2-1-3-6-16/h1-7,9-14,19-20,24,28H,8,15H2,(H,29,30)/t19-,20+,24+/m1/s1. The molecule has 0 spiro atoms. The molecule has 31 heavy (non-hydrogen) atoms. The van der Waals surface area contributed by atoms with Crippen LogP contribution in [0, 0.1) is 5.92 Å². The van der Waals surface area contributed by atoms with Gasteiger partial charge in [0.05, 0.1) is 22.3 Å². The third-order valence-electron chi connectivity index (χ3n) is 6.19. The number of benzene rings is 3. The summed E-state index contributed by atoms with van der Waals surface area (Å²) in [5.74, 6) is 0.156. The number of halogens is 1. The highest BCUT2D eigenvalue weighted by Gasteiger charge is 2.40. The molecule has 0 unspecified atom stereocenters. The number of carbonyl (C=O) groups is 1. The van der Waals surface area contributed by atoms with Crippen molar-refractivity contribution in [2.45, 2.75) is 25.0 Å². The molecule has 0 fully saturated rings. The number of carboxylic acid groups (broad SMARTS) is 1. The summed E-state index contributed by atoms with van der Waals surface area (Å²) in [4.78, 5) is 11.8. The molecule has 5 heteroatoms. The Morgan fingerprint density at radius 2 is 1.84 bits per heavy atom. The maximum atomic E-state index is 11.8. The molecule has 0 bridgehead atoms. The van der Waals surface area contributed by atoms with Gasteiger partial charge in [-0.25, -0.2) is 4.79 Å². The Morgan fingerprint density at radius 1 is 1.06 bits per heavy atom. The molecule has 0 amide bonds. The maximum absolute atomic E-state index is 11.8. The van der Waals surface area contributed by atoms with Gasteiger partial charge in [-0.1, -0.05) is 66.2 Å². The first-order chi connectivity index (χ1) is 15.1. The van der Waals surface area contributed by atoms with Crippen molar-refractivity contribution in [1.29, 1.82) is 0 Å². The number of hydrogen-bond donors (Lipinski definition) is 2. The molecule has 2 N–H and O–H groups in total. The topological polar surface area (TPSA) is 58.6 Å². The van der Waals surface area contributed by atoms with Crippen LogP contribution in [-0.2, 0) is 6.61 Å². The molecule has 1 heterocycles. The van der Waals surface area contributed by atoms with Crippen LogP contribution in [0.3, 0.4) is 0 Å². The molecule has 156 valence electrons. The average Bonchev–Trinajstić information content (AvgIpc) is 3.29. The monoisotopic (exact) mass is 431 g/mol. The molecule has 0 saturated heterocycles. The van der Waals surface area contributed by atoms with E-state index < -0.39 is 5.97 Å². The van der Waals surface area contributed by atoms with Crippen molar-refractivity contribution in [1.82, 2.24) is 0 Å². The molecule has 4 nitrogen and oxygen atoms in total. The lowest BCUT2D eigenvalue weighted by Crippen LogP contribution is -2.30. The Morgan fingerprint density at radius 3 is 2.58 bits per heavy atom. The van der Waals surface area contributed by atoms with Gasteiger partial charge in [-0.3, -0.25) is 0 Å². The van der Waals surface area contributed by atoms with Crippen LogP contribution in [0.4, 0.5) is 5.69 Å². The fraction of sp³-hybridized carbons (Fsp3) is 0.192. The minimum absolute atomic E-state index is 0.0278. The largest absolute Gasteiger partial charge is 0.489 e. The van der Waals surface area contributed by atoms with E-state index >= 15 is 0 Å². The van der Waals surface area contributed by atoms with Gasteiger partial charge in [-0.2, -0.15) is 0 Å². The Bertz CT molecular complexity index is 1140. The van der Waals surface area contributed by atoms with Crippen molar-refractivity contribution in [2.24, 2.45) is 5.92 Å². The molecule has 0 aromatic heterocycles. The normalized spacial score (nSPS) is 21.1. The van der Waals surface area contributed by atoms with Gasteiger partial charge in [0.2, 0.25) is 0 Å². The molecule has 1 aliphatic carbocycles. The summed E-state index contributed by atoms with van der Waals surface area (Å²) < 4.78 is 5.92. The number of rotatable bonds is 5. The summed E-state index contributed by atoms with van der Waals surface area (Å²) in [6.45, 7) is 0.525. The second-order valence-corrected chi connectivity index (χ2v) is 8.41. The molecule has 1 aliphatic heterocycles. The number of ether oxygens (including phenoxy) is 1. The Labute approximate surface area is 186 Å². The van der Waals surface area contributed by atoms with Gasteiger partial charge in [-0.15, -0.1) is 0 Å². The Balaban J connectivity index is 1.41. The second-order valence-electron chi connectivity index (χ2n) is 8.01. The van der Waals surface area contributed by atoms with Gasteiger partial charge in [0.25, 0.3) is 0 Å². The maximum Gasteiger partial charge on any atom is 0.336 e. The summed E-state index contributed by atoms with van der Waals surface area (Å²) in [6, 6.07) is 21.5. The van der Waals surface area contributed by atoms with Crippen molar-refractivity contribution in [3.05, 3.63) is 106 Å². The van der Waals surface area contributed by atoms with Crippen LogP contribution in [0.2, 0.25) is 5.02 Å². The number of anilines is 1. The summed E-state index contributed by atoms with van der Waals surface area (Å²) in [5.41, 5.74) is 4.09. The molecular formula is C26H22ClNO3. The Hall–Kier alpha value is -3.24. The highest BCUT2D eigenvalue weighted by molar-refractivity contribution is 6.33. The van der Waals surface area contributed by atoms with Gasteiger partial charge in [-0.05, 0) is 53.3 Å². The number of nitrogens with one attached hydrogen (secondary N) is 1. The van der Waals surface area contributed by atoms with Gasteiger partial charge in [0.15, 0.2) is 0 Å². The third kappa shape index (κ3) is 3.68. The minimum Gasteiger partial charge on any atom is -0.489 e. The second kappa shape index (κ2) is 8.12. The molecule has 3 aromatic rings. The van der Waals surface area contributed by atoms with Crippen molar-refractivity contribution in [3.63, 3.8) is 0 Å². The number of hydrogen-bond acceptors (Lipinski definition) is 3. The summed E-state index contributed by atoms with van der Waals surface area (Å²) >= 11 is 6.49. The van der Waals surface area contributed by atoms with Crippen molar-refractivity contribution < 1.29 is 14.6 Å². The van der Waals surface area contributed by atoms with Crippen LogP contribution in [0.15, 0.2) is 78.9 Å². The highest BCUT2D eigenvalue weighted by Crippen LogP contribution is 2.52. The van der Waals surface area contributed by atoms with Crippen LogP contribution in [0.25, 0.3) is 0 Å². The SMILES string of the molecule is O=C(O)c1ccc(Cl)c2c1[C@@H]1C=CC[C@@H]1[C@H](c1ccc(OCc3ccccc3)cc1)N2. The van der Waals surface area contributed by atoms with Gasteiger partial charge >= 0.3 is 5.97 Å². The molecule has 5 rings (SSSR count). The first kappa shape index (κ1) is 19.7. The van der Waals surface area contributed by atoms with Crippen LogP contribution in [0.1, 0.15) is 45.4 Å². The van der Waals surface area contributed by atoms with Crippen molar-refractivity contribution in [2.75, 3.05) is 5.32 Å². The fourth-order valence-electron chi connectivity index (χ4n) is 4.70. The smallest absolute Gasteiger partial charge is 0.336 e. The van der Waals surface area contributed by atoms with E-state index in [-0.39, 0.29) is 17.9 Å². The number of aromatic carboxylic acids is 1. The first-order valence-electron chi connectivity index (χ1n) is 10.4. The van der Waals surface area contributed by atoms with E-state index in [9.17, 15) is 9.90 Å². The lowest BCUT2D eigenvalue weighted by Gasteiger charge is -2.38. The van der Waals surface area contributed by atoms with Crippen LogP contribution in [0.5, 0.6) is 5.75 Å². The fourth-order valence-corrected chi connectivity index (χ4v) is 4.92. The van der Waals surface area contributed by atoms with E-state index in [1.54, 1.807) is 12.1 Å². The molecule has 2 aliphatic rings. The molecule has 0 saturated carbocycles. The van der Waals surface area contributed by atoms with Gasteiger partial charge < -0.3 is 15.2 Å². The molecule has 3 aromatic carbocycles. The predicted octanol–water partition coefficient (Wildman–Crippen LogP) is 6.44. The van der Waals surface area contributed by atoms with Crippen LogP contribution < -0.4 is 10.1 Å². The lowest BCUT2D eigenvalue weighted by molar-refractivity contribution is 0.0695. The number of allylic oxidation sites excluding steroid dienone is 2. The summed E-state index contributed by atoms with van der Waals surface area (Å²) in [7, 11) is 0. The predicted molar refractivity (Wildman–Crippen MR) is 122 cm³/mol. The zero-order valence-electron chi connectivity index (χ0n) is 16.8. The first-order valence-corrected chi connectivity index (χ1v) is 10.7. The summed E-state index contributed by atoms with van der Waals surface area (Å²) in [6.07, 6.45) is 5.15. The molecule has 0 radical (unpaired) electrons. The minimum atomic E-state index is -0.924. The quantitative estimate of drug-likeness (QED) is 0.456. The molecule has 3 atom stereocenters. The Kier molecular flexibility index (Phi) is 5.16. The van der Waals surface area contributed by atoms with Crippen molar-refractivity contribution >= 4 is 23.3 Å². The zero-order valence-corrected chi connectivity index (χ0v) is 17.5. The van der Waals surface area contributed by atoms with E-state index in [1.165, 1.54) is 0 Å². The lowest BCUT2D eigenvalue weighted by atomic mass is 9.75. The van der Waals surface area contributed by atoms with E-state index in [4.69, 9.17) is 16.3 Å². The van der Waals surface area contributed by atoms with Crippen molar-refractivity contribution in [3.8, 4) is 5.75 Å². The summed E-state index contributed by atoms with van der Waals surface area (Å²) in [5, 5.41) is 13.8. The van der Waals surface area contributed by atoms with Gasteiger partial charge in [0, 0.05) is 5.92 Å². The average molecular weight is 432 g/mol. The third-order valence-corrected chi connectivity index (χ3v) is 6.50. The zero-order chi connectivity index (χ0) is 21.4. The number of fused-ring (bicyclic) bond motifs is 3. The number of carboxylic acids is 1. The highest BCUT2D eigenvalue weighted by atomic mass is 35.5. The van der Waals surface area contributed by atoms with Crippen LogP contribution >= 0.6 is 11.6 Å². The van der Waals surface area contributed by atoms with Gasteiger partial charge in [0.1, 0.15) is 12.4 Å². The van der Waals surface area contributed by atoms with E-state index in [2.05, 4.69) is 29.6 Å². The van der Waals surface area contributed by atoms with E-state index in [1.807, 2.05) is 42.5 Å². The van der Waals surface area contributed by atoms with E-state index in [0.717, 1.165) is 34.5 Å².